The number of nitrogens with one attached hydrogen (secondary N) is 2. The van der Waals surface area contributed by atoms with Crippen LogP contribution in [0.5, 0.6) is 0 Å². The maximum absolute atomic E-state index is 11.6. The van der Waals surface area contributed by atoms with Crippen molar-refractivity contribution in [1.82, 2.24) is 20.7 Å². The first-order valence-corrected chi connectivity index (χ1v) is 6.26. The number of hydrogen-bond acceptors (Lipinski definition) is 4. The number of hydrogen-bond donors (Lipinski definition) is 3. The zero-order valence-corrected chi connectivity index (χ0v) is 11.0. The van der Waals surface area contributed by atoms with Gasteiger partial charge < -0.3 is 15.3 Å². The van der Waals surface area contributed by atoms with Gasteiger partial charge in [-0.1, -0.05) is 13.3 Å². The Balaban J connectivity index is 2.33. The summed E-state index contributed by atoms with van der Waals surface area (Å²) in [5.74, 6) is -0.995. The quantitative estimate of drug-likeness (QED) is 0.630. The van der Waals surface area contributed by atoms with E-state index in [9.17, 15) is 9.59 Å². The molecule has 0 saturated carbocycles. The van der Waals surface area contributed by atoms with Crippen molar-refractivity contribution in [2.75, 3.05) is 33.2 Å². The first kappa shape index (κ1) is 14.7. The molecule has 0 radical (unpaired) electrons. The number of aliphatic carboxylic acids is 1. The average Bonchev–Trinajstić information content (AvgIpc) is 2.31. The number of carboxylic acid groups (broad SMARTS) is 1. The molecule has 1 heterocycles. The van der Waals surface area contributed by atoms with Gasteiger partial charge in [0, 0.05) is 26.2 Å². The molecule has 104 valence electrons. The summed E-state index contributed by atoms with van der Waals surface area (Å²) >= 11 is 0. The molecule has 2 amide bonds. The topological polar surface area (TPSA) is 84.9 Å². The highest BCUT2D eigenvalue weighted by atomic mass is 16.4. The minimum atomic E-state index is -0.995. The Labute approximate surface area is 107 Å². The molecule has 1 aliphatic heterocycles. The summed E-state index contributed by atoms with van der Waals surface area (Å²) in [4.78, 5) is 24.7. The molecule has 3 N–H and O–H groups in total. The number of piperazine rings is 1. The lowest BCUT2D eigenvalue weighted by molar-refractivity contribution is -0.139. The predicted octanol–water partition coefficient (Wildman–Crippen LogP) is -0.299. The summed E-state index contributed by atoms with van der Waals surface area (Å²) < 4.78 is 0. The van der Waals surface area contributed by atoms with E-state index in [0.29, 0.717) is 12.8 Å². The molecule has 1 saturated heterocycles. The highest BCUT2D eigenvalue weighted by molar-refractivity contribution is 5.82. The summed E-state index contributed by atoms with van der Waals surface area (Å²) in [6, 6.07) is -1.26. The second kappa shape index (κ2) is 7.17. The molecule has 1 rings (SSSR count). The largest absolute Gasteiger partial charge is 0.480 e. The number of rotatable bonds is 5. The number of carboxylic acids is 1. The molecule has 0 aromatic rings. The minimum Gasteiger partial charge on any atom is -0.480 e. The van der Waals surface area contributed by atoms with Crippen LogP contribution in [0.25, 0.3) is 0 Å². The number of carbonyl (C=O) groups excluding carboxylic acids is 1. The third-order valence-electron chi connectivity index (χ3n) is 2.94. The van der Waals surface area contributed by atoms with Crippen LogP contribution in [0.2, 0.25) is 0 Å². The van der Waals surface area contributed by atoms with Gasteiger partial charge in [0.05, 0.1) is 0 Å². The van der Waals surface area contributed by atoms with E-state index < -0.39 is 18.0 Å². The van der Waals surface area contributed by atoms with Crippen molar-refractivity contribution in [3.63, 3.8) is 0 Å². The third kappa shape index (κ3) is 4.89. The molecule has 0 aromatic heterocycles. The summed E-state index contributed by atoms with van der Waals surface area (Å²) in [6.45, 7) is 5.15. The molecule has 7 heteroatoms. The number of carbonyl (C=O) groups is 2. The van der Waals surface area contributed by atoms with Crippen molar-refractivity contribution < 1.29 is 14.7 Å². The standard InChI is InChI=1S/C11H22N4O3/c1-3-4-9(10(16)17)12-11(18)13-15-7-5-14(2)6-8-15/h9H,3-8H2,1-2H3,(H,16,17)(H2,12,13,18)/t9-/m1/s1. The first-order valence-electron chi connectivity index (χ1n) is 6.26. The van der Waals surface area contributed by atoms with Gasteiger partial charge in [-0.2, -0.15) is 0 Å². The first-order chi connectivity index (χ1) is 8.52. The Morgan fingerprint density at radius 3 is 2.39 bits per heavy atom. The summed E-state index contributed by atoms with van der Waals surface area (Å²) in [7, 11) is 2.03. The fourth-order valence-electron chi connectivity index (χ4n) is 1.80. The Morgan fingerprint density at radius 1 is 1.28 bits per heavy atom. The maximum Gasteiger partial charge on any atom is 0.330 e. The van der Waals surface area contributed by atoms with E-state index in [4.69, 9.17) is 5.11 Å². The highest BCUT2D eigenvalue weighted by Gasteiger charge is 2.21. The van der Waals surface area contributed by atoms with E-state index in [1.807, 2.05) is 14.0 Å². The molecular formula is C11H22N4O3. The van der Waals surface area contributed by atoms with Crippen LogP contribution in [-0.2, 0) is 4.79 Å². The highest BCUT2D eigenvalue weighted by Crippen LogP contribution is 1.98. The second-order valence-corrected chi connectivity index (χ2v) is 4.56. The number of urea groups is 1. The van der Waals surface area contributed by atoms with Gasteiger partial charge in [-0.05, 0) is 13.5 Å². The van der Waals surface area contributed by atoms with Crippen molar-refractivity contribution in [3.05, 3.63) is 0 Å². The summed E-state index contributed by atoms with van der Waals surface area (Å²) in [5, 5.41) is 13.2. The van der Waals surface area contributed by atoms with Crippen LogP contribution in [0.1, 0.15) is 19.8 Å². The monoisotopic (exact) mass is 258 g/mol. The van der Waals surface area contributed by atoms with E-state index in [0.717, 1.165) is 26.2 Å². The maximum atomic E-state index is 11.6. The fraction of sp³-hybridized carbons (Fsp3) is 0.818. The van der Waals surface area contributed by atoms with Crippen molar-refractivity contribution in [1.29, 1.82) is 0 Å². The average molecular weight is 258 g/mol. The van der Waals surface area contributed by atoms with Gasteiger partial charge >= 0.3 is 12.0 Å². The molecule has 0 aliphatic carbocycles. The van der Waals surface area contributed by atoms with Crippen LogP contribution >= 0.6 is 0 Å². The van der Waals surface area contributed by atoms with Gasteiger partial charge in [0.2, 0.25) is 0 Å². The van der Waals surface area contributed by atoms with Crippen molar-refractivity contribution >= 4 is 12.0 Å². The third-order valence-corrected chi connectivity index (χ3v) is 2.94. The van der Waals surface area contributed by atoms with Crippen LogP contribution in [0.15, 0.2) is 0 Å². The minimum absolute atomic E-state index is 0.436. The number of hydrazine groups is 1. The zero-order valence-electron chi connectivity index (χ0n) is 11.0. The second-order valence-electron chi connectivity index (χ2n) is 4.56. The van der Waals surface area contributed by atoms with E-state index in [2.05, 4.69) is 15.6 Å². The molecule has 0 bridgehead atoms. The zero-order chi connectivity index (χ0) is 13.5. The Bertz CT molecular complexity index is 290. The Morgan fingerprint density at radius 2 is 1.89 bits per heavy atom. The van der Waals surface area contributed by atoms with Gasteiger partial charge in [-0.15, -0.1) is 0 Å². The van der Waals surface area contributed by atoms with E-state index in [1.54, 1.807) is 5.01 Å². The number of nitrogens with zero attached hydrogens (tertiary/aromatic N) is 2. The molecule has 7 nitrogen and oxygen atoms in total. The van der Waals surface area contributed by atoms with Gasteiger partial charge in [0.15, 0.2) is 0 Å². The van der Waals surface area contributed by atoms with Gasteiger partial charge in [0.1, 0.15) is 6.04 Å². The molecule has 1 fully saturated rings. The van der Waals surface area contributed by atoms with Crippen molar-refractivity contribution in [2.45, 2.75) is 25.8 Å². The van der Waals surface area contributed by atoms with Crippen molar-refractivity contribution in [2.24, 2.45) is 0 Å². The molecule has 1 atom stereocenters. The lowest BCUT2D eigenvalue weighted by Crippen LogP contribution is -2.56. The van der Waals surface area contributed by atoms with Crippen LogP contribution in [-0.4, -0.2) is 66.3 Å². The molecule has 0 spiro atoms. The lowest BCUT2D eigenvalue weighted by atomic mass is 10.2. The number of likely N-dealkylation sites (N-methyl/N-ethyl adjacent to an activating group) is 1. The molecular weight excluding hydrogens is 236 g/mol. The van der Waals surface area contributed by atoms with Gasteiger partial charge in [-0.25, -0.2) is 14.6 Å². The van der Waals surface area contributed by atoms with Gasteiger partial charge in [-0.3, -0.25) is 5.43 Å². The molecule has 1 aliphatic rings. The summed E-state index contributed by atoms with van der Waals surface area (Å²) in [6.07, 6.45) is 1.15. The van der Waals surface area contributed by atoms with Gasteiger partial charge in [0.25, 0.3) is 0 Å². The SMILES string of the molecule is CCC[C@@H](NC(=O)NN1CCN(C)CC1)C(=O)O. The smallest absolute Gasteiger partial charge is 0.330 e. The number of amides is 2. The van der Waals surface area contributed by atoms with Crippen molar-refractivity contribution in [3.8, 4) is 0 Å². The molecule has 0 unspecified atom stereocenters. The Hall–Kier alpha value is -1.34. The molecule has 18 heavy (non-hydrogen) atoms. The normalized spacial score (nSPS) is 19.2. The van der Waals surface area contributed by atoms with Crippen LogP contribution < -0.4 is 10.7 Å². The predicted molar refractivity (Wildman–Crippen MR) is 67.1 cm³/mol. The van der Waals surface area contributed by atoms with E-state index >= 15 is 0 Å². The lowest BCUT2D eigenvalue weighted by Gasteiger charge is -2.32. The van der Waals surface area contributed by atoms with Crippen LogP contribution in [0.4, 0.5) is 4.79 Å². The summed E-state index contributed by atoms with van der Waals surface area (Å²) in [5.41, 5.74) is 2.68. The fourth-order valence-corrected chi connectivity index (χ4v) is 1.80. The van der Waals surface area contributed by atoms with E-state index in [1.165, 1.54) is 0 Å². The van der Waals surface area contributed by atoms with Crippen LogP contribution in [0, 0.1) is 0 Å². The Kier molecular flexibility index (Phi) is 5.87. The molecule has 0 aromatic carbocycles. The van der Waals surface area contributed by atoms with E-state index in [-0.39, 0.29) is 0 Å². The van der Waals surface area contributed by atoms with Crippen LogP contribution in [0.3, 0.4) is 0 Å².